The highest BCUT2D eigenvalue weighted by Crippen LogP contribution is 2.25. The lowest BCUT2D eigenvalue weighted by molar-refractivity contribution is 1.76. The van der Waals surface area contributed by atoms with Gasteiger partial charge in [-0.15, -0.1) is 0 Å². The molecule has 0 radical (unpaired) electrons. The van der Waals surface area contributed by atoms with Crippen LogP contribution in [0.1, 0.15) is 27.4 Å². The number of hydrogen-bond acceptors (Lipinski definition) is 0. The van der Waals surface area contributed by atoms with E-state index >= 15 is 0 Å². The van der Waals surface area contributed by atoms with Crippen molar-refractivity contribution in [3.8, 4) is 0 Å². The molecule has 0 aliphatic heterocycles. The molecule has 0 heteroatoms. The van der Waals surface area contributed by atoms with Crippen molar-refractivity contribution in [3.05, 3.63) is 121 Å². The van der Waals surface area contributed by atoms with Crippen LogP contribution in [0.5, 0.6) is 0 Å². The number of rotatable bonds is 0. The molecule has 0 aromatic heterocycles. The van der Waals surface area contributed by atoms with Crippen molar-refractivity contribution in [2.45, 2.75) is 0 Å². The Hall–Kier alpha value is -3.64. The second-order valence-corrected chi connectivity index (χ2v) is 5.50. The maximum atomic E-state index is 8.08. The Labute approximate surface area is 192 Å². The monoisotopic (exact) mass is 376 g/mol. The molecule has 0 amide bonds. The molecule has 0 aliphatic carbocycles. The SMILES string of the molecule is [2H]c1c([2H])c([2H])c2c(c1[2H])c([2H])c([2H])c1c([2H])c([2H])c([2H])c([2H])c12.[2H]c1c([2H])c([2H])c2c(c1[2H])c([2H])c([2H])c1c([2H])c([2H])c([2H])c([2H])c12. The number of benzene rings is 6. The molecule has 0 saturated carbocycles. The van der Waals surface area contributed by atoms with Crippen molar-refractivity contribution in [2.75, 3.05) is 0 Å². The Bertz CT molecular complexity index is 2110. The first-order chi connectivity index (χ1) is 22.2. The Morgan fingerprint density at radius 2 is 0.500 bits per heavy atom. The van der Waals surface area contributed by atoms with E-state index in [1.54, 1.807) is 0 Å². The van der Waals surface area contributed by atoms with Crippen LogP contribution in [0, 0.1) is 0 Å². The zero-order valence-corrected chi connectivity index (χ0v) is 14.0. The molecule has 0 spiro atoms. The van der Waals surface area contributed by atoms with E-state index < -0.39 is 121 Å². The number of fused-ring (bicyclic) bond motifs is 6. The van der Waals surface area contributed by atoms with Crippen molar-refractivity contribution < 1.29 is 27.4 Å². The normalized spacial score (nSPS) is 20.9. The first-order valence-electron chi connectivity index (χ1n) is 18.0. The molecule has 0 heterocycles. The summed E-state index contributed by atoms with van der Waals surface area (Å²) in [6, 6.07) is -10.4. The molecule has 6 rings (SSSR count). The largest absolute Gasteiger partial charge is 0.0629 e. The summed E-state index contributed by atoms with van der Waals surface area (Å²) < 4.78 is 159. The molecule has 0 aliphatic rings. The molecule has 0 fully saturated rings. The van der Waals surface area contributed by atoms with Crippen LogP contribution in [0.2, 0.25) is 0 Å². The van der Waals surface area contributed by atoms with Gasteiger partial charge in [0.25, 0.3) is 0 Å². The third-order valence-corrected chi connectivity index (χ3v) is 3.88. The molecule has 132 valence electrons. The summed E-state index contributed by atoms with van der Waals surface area (Å²) in [5, 5.41) is -1.53. The third kappa shape index (κ3) is 3.00. The van der Waals surface area contributed by atoms with Crippen LogP contribution in [-0.2, 0) is 0 Å². The van der Waals surface area contributed by atoms with E-state index in [2.05, 4.69) is 0 Å². The minimum Gasteiger partial charge on any atom is -0.0616 e. The average Bonchev–Trinajstić information content (AvgIpc) is 3.06. The van der Waals surface area contributed by atoms with Crippen molar-refractivity contribution >= 4 is 43.1 Å². The van der Waals surface area contributed by atoms with E-state index in [-0.39, 0.29) is 43.1 Å². The van der Waals surface area contributed by atoms with Crippen molar-refractivity contribution in [2.24, 2.45) is 0 Å². The molecule has 0 atom stereocenters. The zero-order chi connectivity index (χ0) is 36.2. The molecule has 6 aromatic rings. The van der Waals surface area contributed by atoms with Gasteiger partial charge in [0.2, 0.25) is 0 Å². The Balaban J connectivity index is 0.000000188. The van der Waals surface area contributed by atoms with Crippen molar-refractivity contribution in [3.63, 3.8) is 0 Å². The summed E-state index contributed by atoms with van der Waals surface area (Å²) in [6.45, 7) is 0. The smallest absolute Gasteiger partial charge is 0.0616 e. The summed E-state index contributed by atoms with van der Waals surface area (Å²) >= 11 is 0. The number of hydrogen-bond donors (Lipinski definition) is 0. The zero-order valence-electron chi connectivity index (χ0n) is 34.0. The average molecular weight is 377 g/mol. The Morgan fingerprint density at radius 3 is 0.750 bits per heavy atom. The summed E-state index contributed by atoms with van der Waals surface area (Å²) in [7, 11) is 0. The molecule has 0 N–H and O–H groups in total. The van der Waals surface area contributed by atoms with Crippen LogP contribution in [-0.4, -0.2) is 0 Å². The van der Waals surface area contributed by atoms with Crippen LogP contribution in [0.4, 0.5) is 0 Å². The first-order valence-corrected chi connectivity index (χ1v) is 8.00. The van der Waals surface area contributed by atoms with Gasteiger partial charge in [-0.2, -0.15) is 0 Å². The van der Waals surface area contributed by atoms with Gasteiger partial charge in [0, 0.05) is 0 Å². The predicted molar refractivity (Wildman–Crippen MR) is 123 cm³/mol. The van der Waals surface area contributed by atoms with Gasteiger partial charge in [0.15, 0.2) is 0 Å². The summed E-state index contributed by atoms with van der Waals surface area (Å²) in [5.74, 6) is 0. The van der Waals surface area contributed by atoms with Crippen LogP contribution in [0.15, 0.2) is 121 Å². The van der Waals surface area contributed by atoms with E-state index in [0.29, 0.717) is 0 Å². The summed E-state index contributed by atoms with van der Waals surface area (Å²) in [6.07, 6.45) is 0. The molecular weight excluding hydrogens is 336 g/mol. The van der Waals surface area contributed by atoms with Crippen LogP contribution in [0.3, 0.4) is 0 Å². The molecule has 0 saturated heterocycles. The van der Waals surface area contributed by atoms with E-state index in [1.165, 1.54) is 0 Å². The highest BCUT2D eigenvalue weighted by molar-refractivity contribution is 6.08. The quantitative estimate of drug-likeness (QED) is 0.236. The molecule has 0 unspecified atom stereocenters. The standard InChI is InChI=1S/2C14H10/c2*1-3-7-13-11(5-1)9-10-12-6-2-4-8-14(12)13/h2*1-10H/i2*1D,2D,3D,4D,5D,6D,7D,8D,9D,10D. The van der Waals surface area contributed by atoms with Gasteiger partial charge in [-0.25, -0.2) is 0 Å². The van der Waals surface area contributed by atoms with Crippen molar-refractivity contribution in [1.82, 2.24) is 0 Å². The van der Waals surface area contributed by atoms with Gasteiger partial charge in [-0.1, -0.05) is 121 Å². The summed E-state index contributed by atoms with van der Waals surface area (Å²) in [4.78, 5) is 0. The maximum absolute atomic E-state index is 8.08. The second-order valence-electron chi connectivity index (χ2n) is 5.50. The van der Waals surface area contributed by atoms with Crippen LogP contribution in [0.25, 0.3) is 43.1 Å². The lowest BCUT2D eigenvalue weighted by Crippen LogP contribution is -1.75. The van der Waals surface area contributed by atoms with E-state index in [0.717, 1.165) is 0 Å². The van der Waals surface area contributed by atoms with E-state index in [9.17, 15) is 0 Å². The van der Waals surface area contributed by atoms with Crippen LogP contribution >= 0.6 is 0 Å². The molecule has 0 nitrogen and oxygen atoms in total. The highest BCUT2D eigenvalue weighted by atomic mass is 14.0. The van der Waals surface area contributed by atoms with E-state index in [4.69, 9.17) is 27.4 Å². The lowest BCUT2D eigenvalue weighted by Gasteiger charge is -2.02. The van der Waals surface area contributed by atoms with Crippen molar-refractivity contribution in [1.29, 1.82) is 0 Å². The fourth-order valence-corrected chi connectivity index (χ4v) is 2.62. The Kier molecular flexibility index (Phi) is 1.46. The fourth-order valence-electron chi connectivity index (χ4n) is 2.62. The van der Waals surface area contributed by atoms with Gasteiger partial charge in [-0.05, 0) is 43.1 Å². The summed E-state index contributed by atoms with van der Waals surface area (Å²) in [5.41, 5.74) is 0. The van der Waals surface area contributed by atoms with Gasteiger partial charge in [-0.3, -0.25) is 0 Å². The lowest BCUT2D eigenvalue weighted by atomic mass is 10.0. The molecule has 0 bridgehead atoms. The highest BCUT2D eigenvalue weighted by Gasteiger charge is 1.98. The fraction of sp³-hybridized carbons (Fsp3) is 0. The van der Waals surface area contributed by atoms with Gasteiger partial charge in [0.05, 0.1) is 27.4 Å². The van der Waals surface area contributed by atoms with E-state index in [1.807, 2.05) is 0 Å². The third-order valence-electron chi connectivity index (χ3n) is 3.88. The first kappa shape index (κ1) is 5.68. The Morgan fingerprint density at radius 1 is 0.286 bits per heavy atom. The van der Waals surface area contributed by atoms with Gasteiger partial charge < -0.3 is 0 Å². The molecule has 6 aromatic carbocycles. The van der Waals surface area contributed by atoms with Crippen LogP contribution < -0.4 is 0 Å². The topological polar surface area (TPSA) is 0 Å². The molecular formula is C28H20. The maximum Gasteiger partial charge on any atom is 0.0629 e. The molecule has 28 heavy (non-hydrogen) atoms. The van der Waals surface area contributed by atoms with Gasteiger partial charge >= 0.3 is 0 Å². The minimum absolute atomic E-state index is 0.163. The van der Waals surface area contributed by atoms with Gasteiger partial charge in [0.1, 0.15) is 0 Å². The minimum atomic E-state index is -0.557. The predicted octanol–water partition coefficient (Wildman–Crippen LogP) is 7.99. The second kappa shape index (κ2) is 7.17.